The number of rotatable bonds is 5. The van der Waals surface area contributed by atoms with Gasteiger partial charge in [-0.15, -0.1) is 11.8 Å². The number of carbonyl (C=O) groups excluding carboxylic acids is 1. The van der Waals surface area contributed by atoms with Crippen LogP contribution in [0.4, 0.5) is 0 Å². The first kappa shape index (κ1) is 13.3. The van der Waals surface area contributed by atoms with Gasteiger partial charge in [-0.1, -0.05) is 0 Å². The molecule has 1 aliphatic rings. The van der Waals surface area contributed by atoms with Crippen LogP contribution in [-0.2, 0) is 14.3 Å². The quantitative estimate of drug-likeness (QED) is 0.651. The second-order valence-electron chi connectivity index (χ2n) is 3.40. The molecule has 1 aliphatic heterocycles. The number of aliphatic carboxylic acids is 1. The average Bonchev–Trinajstić information content (AvgIpc) is 2.28. The predicted molar refractivity (Wildman–Crippen MR) is 58.4 cm³/mol. The van der Waals surface area contributed by atoms with Gasteiger partial charge in [0.15, 0.2) is 0 Å². The van der Waals surface area contributed by atoms with Crippen molar-refractivity contribution in [3.63, 3.8) is 0 Å². The highest BCUT2D eigenvalue weighted by molar-refractivity contribution is 8.00. The van der Waals surface area contributed by atoms with Gasteiger partial charge >= 0.3 is 5.97 Å². The minimum atomic E-state index is -0.923. The van der Waals surface area contributed by atoms with E-state index in [-0.39, 0.29) is 30.1 Å². The number of amides is 1. The molecular formula is C9H15NO5S. The van der Waals surface area contributed by atoms with Gasteiger partial charge in [0, 0.05) is 13.1 Å². The monoisotopic (exact) mass is 249 g/mol. The Balaban J connectivity index is 2.27. The Labute approximate surface area is 97.6 Å². The highest BCUT2D eigenvalue weighted by atomic mass is 32.2. The number of hydrogen-bond acceptors (Lipinski definition) is 5. The summed E-state index contributed by atoms with van der Waals surface area (Å²) in [5, 5.41) is 17.3. The van der Waals surface area contributed by atoms with Gasteiger partial charge in [0.2, 0.25) is 5.91 Å². The van der Waals surface area contributed by atoms with E-state index >= 15 is 0 Å². The summed E-state index contributed by atoms with van der Waals surface area (Å²) in [5.74, 6) is -0.940. The molecule has 1 rings (SSSR count). The molecule has 6 nitrogen and oxygen atoms in total. The van der Waals surface area contributed by atoms with Crippen molar-refractivity contribution in [3.8, 4) is 0 Å². The number of carboxylic acid groups (broad SMARTS) is 1. The van der Waals surface area contributed by atoms with Gasteiger partial charge in [-0.2, -0.15) is 0 Å². The summed E-state index contributed by atoms with van der Waals surface area (Å²) >= 11 is 1.08. The molecule has 1 heterocycles. The highest BCUT2D eigenvalue weighted by Gasteiger charge is 2.23. The smallest absolute Gasteiger partial charge is 0.313 e. The number of thioether (sulfide) groups is 1. The maximum Gasteiger partial charge on any atom is 0.313 e. The maximum atomic E-state index is 11.6. The second-order valence-corrected chi connectivity index (χ2v) is 4.39. The number of carbonyl (C=O) groups is 2. The normalized spacial score (nSPS) is 20.8. The van der Waals surface area contributed by atoms with E-state index in [9.17, 15) is 9.59 Å². The number of ether oxygens (including phenoxy) is 1. The number of nitrogens with zero attached hydrogens (tertiary/aromatic N) is 1. The average molecular weight is 249 g/mol. The van der Waals surface area contributed by atoms with E-state index in [1.807, 2.05) is 0 Å². The molecule has 1 amide bonds. The van der Waals surface area contributed by atoms with Crippen molar-refractivity contribution in [2.75, 3.05) is 37.8 Å². The molecule has 1 saturated heterocycles. The minimum absolute atomic E-state index is 0.0699. The first-order valence-electron chi connectivity index (χ1n) is 4.93. The van der Waals surface area contributed by atoms with Crippen LogP contribution in [0, 0.1) is 0 Å². The Kier molecular flexibility index (Phi) is 5.58. The predicted octanol–water partition coefficient (Wildman–Crippen LogP) is -0.976. The summed E-state index contributed by atoms with van der Waals surface area (Å²) in [6.07, 6.45) is -0.317. The lowest BCUT2D eigenvalue weighted by atomic mass is 10.3. The molecule has 0 radical (unpaired) electrons. The molecule has 7 heteroatoms. The summed E-state index contributed by atoms with van der Waals surface area (Å²) in [4.78, 5) is 23.5. The summed E-state index contributed by atoms with van der Waals surface area (Å²) < 4.78 is 5.21. The fourth-order valence-electron chi connectivity index (χ4n) is 1.37. The van der Waals surface area contributed by atoms with E-state index in [4.69, 9.17) is 14.9 Å². The first-order valence-corrected chi connectivity index (χ1v) is 6.08. The molecule has 1 fully saturated rings. The van der Waals surface area contributed by atoms with Gasteiger partial charge in [0.05, 0.1) is 30.8 Å². The largest absolute Gasteiger partial charge is 0.481 e. The molecule has 0 aliphatic carbocycles. The van der Waals surface area contributed by atoms with Crippen LogP contribution in [0.1, 0.15) is 0 Å². The Morgan fingerprint density at radius 3 is 2.81 bits per heavy atom. The van der Waals surface area contributed by atoms with Crippen LogP contribution in [0.2, 0.25) is 0 Å². The van der Waals surface area contributed by atoms with Crippen molar-refractivity contribution in [1.29, 1.82) is 0 Å². The van der Waals surface area contributed by atoms with Crippen molar-refractivity contribution >= 4 is 23.6 Å². The third-order valence-electron chi connectivity index (χ3n) is 2.15. The van der Waals surface area contributed by atoms with Crippen molar-refractivity contribution in [3.05, 3.63) is 0 Å². The molecule has 16 heavy (non-hydrogen) atoms. The fraction of sp³-hybridized carbons (Fsp3) is 0.778. The van der Waals surface area contributed by atoms with E-state index in [1.54, 1.807) is 4.90 Å². The van der Waals surface area contributed by atoms with E-state index in [2.05, 4.69) is 0 Å². The Bertz CT molecular complexity index is 260. The number of morpholine rings is 1. The van der Waals surface area contributed by atoms with Gasteiger partial charge in [0.1, 0.15) is 0 Å². The third kappa shape index (κ3) is 4.38. The van der Waals surface area contributed by atoms with E-state index in [0.717, 1.165) is 11.8 Å². The number of carboxylic acids is 1. The molecule has 0 aromatic rings. The van der Waals surface area contributed by atoms with Gasteiger partial charge in [-0.25, -0.2) is 0 Å². The summed E-state index contributed by atoms with van der Waals surface area (Å²) in [7, 11) is 0. The van der Waals surface area contributed by atoms with Crippen LogP contribution < -0.4 is 0 Å². The molecule has 0 aromatic carbocycles. The minimum Gasteiger partial charge on any atom is -0.481 e. The fourth-order valence-corrected chi connectivity index (χ4v) is 2.01. The van der Waals surface area contributed by atoms with Crippen molar-refractivity contribution in [2.24, 2.45) is 0 Å². The second kappa shape index (κ2) is 6.72. The van der Waals surface area contributed by atoms with Gasteiger partial charge in [0.25, 0.3) is 0 Å². The first-order chi connectivity index (χ1) is 7.63. The lowest BCUT2D eigenvalue weighted by Gasteiger charge is -2.31. The van der Waals surface area contributed by atoms with Gasteiger partial charge in [-0.3, -0.25) is 9.59 Å². The summed E-state index contributed by atoms with van der Waals surface area (Å²) in [5.41, 5.74) is 0. The summed E-state index contributed by atoms with van der Waals surface area (Å²) in [6.45, 7) is 1.19. The third-order valence-corrected chi connectivity index (χ3v) is 3.05. The van der Waals surface area contributed by atoms with Crippen LogP contribution in [0.5, 0.6) is 0 Å². The van der Waals surface area contributed by atoms with Crippen LogP contribution in [0.15, 0.2) is 0 Å². The SMILES string of the molecule is O=C(O)CSCC(=O)N1CCOC(CO)C1. The van der Waals surface area contributed by atoms with Gasteiger partial charge in [-0.05, 0) is 0 Å². The zero-order chi connectivity index (χ0) is 12.0. The Morgan fingerprint density at radius 1 is 1.44 bits per heavy atom. The molecule has 0 aromatic heterocycles. The molecule has 1 atom stereocenters. The number of aliphatic hydroxyl groups is 1. The molecular weight excluding hydrogens is 234 g/mol. The molecule has 0 bridgehead atoms. The van der Waals surface area contributed by atoms with Crippen LogP contribution in [0.25, 0.3) is 0 Å². The topological polar surface area (TPSA) is 87.1 Å². The number of hydrogen-bond donors (Lipinski definition) is 2. The Hall–Kier alpha value is -0.790. The van der Waals surface area contributed by atoms with E-state index in [1.165, 1.54) is 0 Å². The van der Waals surface area contributed by atoms with Crippen LogP contribution in [0.3, 0.4) is 0 Å². The molecule has 2 N–H and O–H groups in total. The van der Waals surface area contributed by atoms with Gasteiger partial charge < -0.3 is 19.8 Å². The van der Waals surface area contributed by atoms with E-state index < -0.39 is 5.97 Å². The van der Waals surface area contributed by atoms with Crippen molar-refractivity contribution < 1.29 is 24.5 Å². The molecule has 0 saturated carbocycles. The lowest BCUT2D eigenvalue weighted by molar-refractivity contribution is -0.137. The van der Waals surface area contributed by atoms with Crippen molar-refractivity contribution in [1.82, 2.24) is 4.90 Å². The van der Waals surface area contributed by atoms with E-state index in [0.29, 0.717) is 19.7 Å². The maximum absolute atomic E-state index is 11.6. The zero-order valence-corrected chi connectivity index (χ0v) is 9.61. The van der Waals surface area contributed by atoms with Crippen LogP contribution in [-0.4, -0.2) is 70.9 Å². The Morgan fingerprint density at radius 2 is 2.19 bits per heavy atom. The summed E-state index contributed by atoms with van der Waals surface area (Å²) in [6, 6.07) is 0. The number of aliphatic hydroxyl groups excluding tert-OH is 1. The highest BCUT2D eigenvalue weighted by Crippen LogP contribution is 2.08. The molecule has 1 unspecified atom stereocenters. The lowest BCUT2D eigenvalue weighted by Crippen LogP contribution is -2.47. The van der Waals surface area contributed by atoms with Crippen molar-refractivity contribution in [2.45, 2.75) is 6.10 Å². The zero-order valence-electron chi connectivity index (χ0n) is 8.79. The molecule has 0 spiro atoms. The molecule has 92 valence electrons. The van der Waals surface area contributed by atoms with Crippen LogP contribution >= 0.6 is 11.8 Å². The standard InChI is InChI=1S/C9H15NO5S/c11-4-7-3-10(1-2-15-7)8(12)5-16-6-9(13)14/h7,11H,1-6H2,(H,13,14).